The van der Waals surface area contributed by atoms with Gasteiger partial charge in [-0.3, -0.25) is 0 Å². The molecule has 3 heteroatoms. The van der Waals surface area contributed by atoms with Crippen molar-refractivity contribution in [2.45, 2.75) is 71.4 Å². The smallest absolute Gasteiger partial charge is 0.407 e. The Morgan fingerprint density at radius 1 is 1.00 bits per heavy atom. The molecule has 0 heterocycles. The Kier molecular flexibility index (Phi) is 7.77. The van der Waals surface area contributed by atoms with Crippen LogP contribution in [-0.2, 0) is 4.74 Å². The maximum atomic E-state index is 12.2. The fraction of sp³-hybridized carbons (Fsp3) is 0.500. The topological polar surface area (TPSA) is 38.3 Å². The molecule has 0 aliphatic carbocycles. The van der Waals surface area contributed by atoms with Gasteiger partial charge in [-0.15, -0.1) is 0 Å². The standard InChI is InChI=1S/C22H31NO2/c1-4-5-6-7-8-12-17(2)25-22(24)23-18(3)20-16-11-14-19-13-9-10-15-21(19)20/h9-11,13-18H,4-8,12H2,1-3H3,(H,23,24). The minimum Gasteiger partial charge on any atom is -0.447 e. The number of nitrogens with one attached hydrogen (secondary N) is 1. The fourth-order valence-corrected chi connectivity index (χ4v) is 3.19. The number of fused-ring (bicyclic) bond motifs is 1. The van der Waals surface area contributed by atoms with Crippen LogP contribution in [0.25, 0.3) is 10.8 Å². The van der Waals surface area contributed by atoms with Crippen LogP contribution in [0.1, 0.15) is 70.9 Å². The first kappa shape index (κ1) is 19.3. The average Bonchev–Trinajstić information content (AvgIpc) is 2.60. The molecule has 2 atom stereocenters. The van der Waals surface area contributed by atoms with E-state index in [1.54, 1.807) is 0 Å². The third kappa shape index (κ3) is 6.08. The van der Waals surface area contributed by atoms with E-state index in [2.05, 4.69) is 36.5 Å². The molecule has 1 amide bonds. The molecule has 25 heavy (non-hydrogen) atoms. The van der Waals surface area contributed by atoms with Crippen LogP contribution in [0, 0.1) is 0 Å². The molecule has 2 rings (SSSR count). The van der Waals surface area contributed by atoms with Crippen molar-refractivity contribution in [2.75, 3.05) is 0 Å². The van der Waals surface area contributed by atoms with Crippen LogP contribution in [0.5, 0.6) is 0 Å². The zero-order valence-electron chi connectivity index (χ0n) is 15.8. The van der Waals surface area contributed by atoms with Crippen LogP contribution in [0.15, 0.2) is 42.5 Å². The first-order valence-corrected chi connectivity index (χ1v) is 9.56. The summed E-state index contributed by atoms with van der Waals surface area (Å²) in [5, 5.41) is 5.32. The van der Waals surface area contributed by atoms with Gasteiger partial charge in [-0.25, -0.2) is 4.79 Å². The summed E-state index contributed by atoms with van der Waals surface area (Å²) in [7, 11) is 0. The number of carbonyl (C=O) groups excluding carboxylic acids is 1. The Balaban J connectivity index is 1.83. The van der Waals surface area contributed by atoms with Crippen LogP contribution in [-0.4, -0.2) is 12.2 Å². The molecule has 136 valence electrons. The molecule has 0 aliphatic heterocycles. The second-order valence-corrected chi connectivity index (χ2v) is 6.85. The lowest BCUT2D eigenvalue weighted by Gasteiger charge is -2.19. The van der Waals surface area contributed by atoms with E-state index in [1.807, 2.05) is 32.0 Å². The van der Waals surface area contributed by atoms with Crippen molar-refractivity contribution in [1.82, 2.24) is 5.32 Å². The second kappa shape index (κ2) is 10.1. The molecule has 0 aliphatic rings. The Bertz CT molecular complexity index is 663. The van der Waals surface area contributed by atoms with Gasteiger partial charge in [-0.2, -0.15) is 0 Å². The largest absolute Gasteiger partial charge is 0.447 e. The molecule has 1 N–H and O–H groups in total. The molecule has 0 fully saturated rings. The summed E-state index contributed by atoms with van der Waals surface area (Å²) in [4.78, 5) is 12.2. The summed E-state index contributed by atoms with van der Waals surface area (Å²) >= 11 is 0. The van der Waals surface area contributed by atoms with Crippen LogP contribution < -0.4 is 5.32 Å². The molecule has 2 aromatic carbocycles. The number of carbonyl (C=O) groups is 1. The third-order valence-corrected chi connectivity index (χ3v) is 4.65. The van der Waals surface area contributed by atoms with E-state index in [9.17, 15) is 4.79 Å². The molecule has 2 aromatic rings. The van der Waals surface area contributed by atoms with Gasteiger partial charge >= 0.3 is 6.09 Å². The zero-order valence-corrected chi connectivity index (χ0v) is 15.8. The number of amides is 1. The number of hydrogen-bond acceptors (Lipinski definition) is 2. The average molecular weight is 341 g/mol. The number of hydrogen-bond donors (Lipinski definition) is 1. The summed E-state index contributed by atoms with van der Waals surface area (Å²) in [5.74, 6) is 0. The number of alkyl carbamates (subject to hydrolysis) is 1. The Labute approximate surface area is 151 Å². The second-order valence-electron chi connectivity index (χ2n) is 6.85. The van der Waals surface area contributed by atoms with Gasteiger partial charge < -0.3 is 10.1 Å². The number of rotatable bonds is 9. The summed E-state index contributed by atoms with van der Waals surface area (Å²) in [6, 6.07) is 14.3. The van der Waals surface area contributed by atoms with Crippen molar-refractivity contribution in [3.05, 3.63) is 48.0 Å². The Morgan fingerprint density at radius 3 is 2.52 bits per heavy atom. The molecule has 2 unspecified atom stereocenters. The molecule has 0 radical (unpaired) electrons. The van der Waals surface area contributed by atoms with E-state index in [-0.39, 0.29) is 18.2 Å². The van der Waals surface area contributed by atoms with E-state index in [0.29, 0.717) is 0 Å². The molecule has 0 saturated carbocycles. The quantitative estimate of drug-likeness (QED) is 0.538. The van der Waals surface area contributed by atoms with E-state index >= 15 is 0 Å². The van der Waals surface area contributed by atoms with Crippen LogP contribution in [0.2, 0.25) is 0 Å². The molecular weight excluding hydrogens is 310 g/mol. The minimum absolute atomic E-state index is 0.0404. The SMILES string of the molecule is CCCCCCCC(C)OC(=O)NC(C)c1cccc2ccccc12. The Morgan fingerprint density at radius 2 is 1.72 bits per heavy atom. The highest BCUT2D eigenvalue weighted by Crippen LogP contribution is 2.24. The summed E-state index contributed by atoms with van der Waals surface area (Å²) < 4.78 is 5.51. The van der Waals surface area contributed by atoms with Gasteiger partial charge in [-0.1, -0.05) is 75.1 Å². The van der Waals surface area contributed by atoms with Crippen LogP contribution in [0.3, 0.4) is 0 Å². The van der Waals surface area contributed by atoms with E-state index in [1.165, 1.54) is 36.5 Å². The van der Waals surface area contributed by atoms with Gasteiger partial charge in [0.2, 0.25) is 0 Å². The number of unbranched alkanes of at least 4 members (excludes halogenated alkanes) is 4. The van der Waals surface area contributed by atoms with Gasteiger partial charge in [-0.05, 0) is 43.0 Å². The first-order valence-electron chi connectivity index (χ1n) is 9.56. The number of benzene rings is 2. The summed E-state index contributed by atoms with van der Waals surface area (Å²) in [6.07, 6.45) is 6.71. The van der Waals surface area contributed by atoms with Crippen molar-refractivity contribution >= 4 is 16.9 Å². The summed E-state index contributed by atoms with van der Waals surface area (Å²) in [5.41, 5.74) is 1.11. The van der Waals surface area contributed by atoms with Crippen molar-refractivity contribution in [1.29, 1.82) is 0 Å². The maximum absolute atomic E-state index is 12.2. The van der Waals surface area contributed by atoms with Gasteiger partial charge in [0.15, 0.2) is 0 Å². The number of ether oxygens (including phenoxy) is 1. The Hall–Kier alpha value is -2.03. The predicted octanol–water partition coefficient (Wildman–Crippen LogP) is 6.38. The minimum atomic E-state index is -0.332. The van der Waals surface area contributed by atoms with Gasteiger partial charge in [0.05, 0.1) is 6.04 Å². The predicted molar refractivity (Wildman–Crippen MR) is 105 cm³/mol. The van der Waals surface area contributed by atoms with Gasteiger partial charge in [0.25, 0.3) is 0 Å². The lowest BCUT2D eigenvalue weighted by atomic mass is 10.00. The normalized spacial score (nSPS) is 13.4. The van der Waals surface area contributed by atoms with Crippen molar-refractivity contribution in [3.63, 3.8) is 0 Å². The van der Waals surface area contributed by atoms with Crippen molar-refractivity contribution in [3.8, 4) is 0 Å². The zero-order chi connectivity index (χ0) is 18.1. The van der Waals surface area contributed by atoms with Crippen LogP contribution in [0.4, 0.5) is 4.79 Å². The first-order chi connectivity index (χ1) is 12.1. The molecule has 0 aromatic heterocycles. The van der Waals surface area contributed by atoms with Crippen molar-refractivity contribution in [2.24, 2.45) is 0 Å². The summed E-state index contributed by atoms with van der Waals surface area (Å²) in [6.45, 7) is 6.19. The highest BCUT2D eigenvalue weighted by atomic mass is 16.6. The van der Waals surface area contributed by atoms with Crippen molar-refractivity contribution < 1.29 is 9.53 Å². The third-order valence-electron chi connectivity index (χ3n) is 4.65. The highest BCUT2D eigenvalue weighted by Gasteiger charge is 2.15. The van der Waals surface area contributed by atoms with E-state index < -0.39 is 0 Å². The molecular formula is C22H31NO2. The monoisotopic (exact) mass is 341 g/mol. The van der Waals surface area contributed by atoms with Crippen LogP contribution >= 0.6 is 0 Å². The van der Waals surface area contributed by atoms with E-state index in [4.69, 9.17) is 4.74 Å². The molecule has 0 spiro atoms. The highest BCUT2D eigenvalue weighted by molar-refractivity contribution is 5.86. The van der Waals surface area contributed by atoms with E-state index in [0.717, 1.165) is 18.4 Å². The van der Waals surface area contributed by atoms with Gasteiger partial charge in [0, 0.05) is 0 Å². The molecule has 3 nitrogen and oxygen atoms in total. The maximum Gasteiger partial charge on any atom is 0.407 e. The van der Waals surface area contributed by atoms with Gasteiger partial charge in [0.1, 0.15) is 6.10 Å². The lowest BCUT2D eigenvalue weighted by molar-refractivity contribution is 0.0981. The fourth-order valence-electron chi connectivity index (χ4n) is 3.19. The molecule has 0 bridgehead atoms. The lowest BCUT2D eigenvalue weighted by Crippen LogP contribution is -2.30. The molecule has 0 saturated heterocycles.